The molecular formula is C48H53F3N5O9P. The third kappa shape index (κ3) is 11.1. The lowest BCUT2D eigenvalue weighted by atomic mass is 9.80. The molecule has 1 aliphatic rings. The van der Waals surface area contributed by atoms with E-state index in [9.17, 15) is 28.0 Å². The van der Waals surface area contributed by atoms with Gasteiger partial charge in [0.15, 0.2) is 12.0 Å². The summed E-state index contributed by atoms with van der Waals surface area (Å²) in [6.45, 7) is 7.53. The quantitative estimate of drug-likeness (QED) is 0.0450. The summed E-state index contributed by atoms with van der Waals surface area (Å²) in [6.07, 6.45) is -9.68. The van der Waals surface area contributed by atoms with Crippen LogP contribution >= 0.6 is 8.53 Å². The fourth-order valence-electron chi connectivity index (χ4n) is 7.85. The van der Waals surface area contributed by atoms with Crippen molar-refractivity contribution in [2.75, 3.05) is 39.9 Å². The molecule has 0 saturated carbocycles. The number of benzene rings is 4. The van der Waals surface area contributed by atoms with Gasteiger partial charge in [-0.2, -0.15) is 23.4 Å². The molecule has 6 rings (SSSR count). The van der Waals surface area contributed by atoms with E-state index in [1.165, 1.54) is 19.2 Å². The van der Waals surface area contributed by atoms with Crippen LogP contribution in [0.3, 0.4) is 0 Å². The molecule has 350 valence electrons. The molecule has 1 aliphatic heterocycles. The summed E-state index contributed by atoms with van der Waals surface area (Å²) in [5.74, 6) is -0.686. The Labute approximate surface area is 383 Å². The number of hydrogen-bond donors (Lipinski definition) is 1. The highest BCUT2D eigenvalue weighted by molar-refractivity contribution is 7.44. The average Bonchev–Trinajstić information content (AvgIpc) is 3.65. The van der Waals surface area contributed by atoms with E-state index in [2.05, 4.69) is 16.4 Å². The molecule has 1 unspecified atom stereocenters. The van der Waals surface area contributed by atoms with Crippen LogP contribution in [0.25, 0.3) is 0 Å². The Hall–Kier alpha value is -5.70. The second-order valence-electron chi connectivity index (χ2n) is 15.7. The summed E-state index contributed by atoms with van der Waals surface area (Å²) in [5.41, 5.74) is -1.81. The van der Waals surface area contributed by atoms with Gasteiger partial charge < -0.3 is 38.0 Å². The maximum Gasteiger partial charge on any atom is 0.421 e. The van der Waals surface area contributed by atoms with Gasteiger partial charge in [0.1, 0.15) is 41.0 Å². The number of halogens is 3. The minimum absolute atomic E-state index is 0.00844. The molecule has 1 aromatic heterocycles. The number of amides is 1. The zero-order valence-corrected chi connectivity index (χ0v) is 38.5. The molecule has 1 fully saturated rings. The third-order valence-corrected chi connectivity index (χ3v) is 13.0. The Kier molecular flexibility index (Phi) is 16.7. The van der Waals surface area contributed by atoms with E-state index in [0.717, 1.165) is 0 Å². The average molecular weight is 932 g/mol. The van der Waals surface area contributed by atoms with E-state index in [1.807, 2.05) is 87.0 Å². The Balaban J connectivity index is 1.50. The van der Waals surface area contributed by atoms with E-state index >= 15 is 0 Å². The second-order valence-corrected chi connectivity index (χ2v) is 17.1. The third-order valence-electron chi connectivity index (χ3n) is 10.9. The molecule has 1 saturated heterocycles. The predicted molar refractivity (Wildman–Crippen MR) is 241 cm³/mol. The van der Waals surface area contributed by atoms with Crippen molar-refractivity contribution in [1.82, 2.24) is 14.2 Å². The van der Waals surface area contributed by atoms with Crippen LogP contribution in [0.5, 0.6) is 11.5 Å². The monoisotopic (exact) mass is 931 g/mol. The molecule has 0 radical (unpaired) electrons. The summed E-state index contributed by atoms with van der Waals surface area (Å²) >= 11 is 0. The highest BCUT2D eigenvalue weighted by atomic mass is 31.2. The van der Waals surface area contributed by atoms with Crippen LogP contribution < -0.4 is 20.5 Å². The lowest BCUT2D eigenvalue weighted by molar-refractivity contribution is -0.138. The molecule has 5 aromatic rings. The van der Waals surface area contributed by atoms with Crippen molar-refractivity contribution in [3.05, 3.63) is 154 Å². The van der Waals surface area contributed by atoms with Gasteiger partial charge in [-0.3, -0.25) is 9.36 Å². The van der Waals surface area contributed by atoms with Gasteiger partial charge in [0.05, 0.1) is 39.9 Å². The van der Waals surface area contributed by atoms with Gasteiger partial charge in [-0.25, -0.2) is 9.46 Å². The van der Waals surface area contributed by atoms with Crippen LogP contribution in [-0.4, -0.2) is 85.1 Å². The number of carbonyl (C=O) groups excluding carboxylic acids is 1. The molecule has 0 bridgehead atoms. The van der Waals surface area contributed by atoms with E-state index in [-0.39, 0.29) is 37.3 Å². The number of nitrogens with one attached hydrogen (secondary N) is 1. The van der Waals surface area contributed by atoms with Crippen molar-refractivity contribution in [2.45, 2.75) is 82.5 Å². The fraction of sp³-hybridized carbons (Fsp3) is 0.375. The summed E-state index contributed by atoms with van der Waals surface area (Å²) < 4.78 is 91.6. The maximum atomic E-state index is 14.9. The highest BCUT2D eigenvalue weighted by Crippen LogP contribution is 2.51. The summed E-state index contributed by atoms with van der Waals surface area (Å²) in [6, 6.07) is 33.5. The SMILES string of the molecule is COc1ccc(C(OC[C@H]2O[C@@H](n3cc(C(F)(F)F)c(NC(=O)c4ccccc4)nc3=O)[C@H](OC)[C@@H]2OP(OCCC#N)N(C(C)C)C(C)C)(c2ccccc2)c2ccc(OC)cc2)cc1. The summed E-state index contributed by atoms with van der Waals surface area (Å²) in [4.78, 5) is 30.8. The first-order valence-corrected chi connectivity index (χ1v) is 22.3. The molecule has 14 nitrogen and oxygen atoms in total. The van der Waals surface area contributed by atoms with Crippen LogP contribution in [0, 0.1) is 11.3 Å². The normalized spacial score (nSPS) is 18.1. The fourth-order valence-corrected chi connectivity index (χ4v) is 9.62. The first-order chi connectivity index (χ1) is 31.7. The standard InChI is InChI=1S/C48H53F3N5O9P/c1-31(2)56(32(3)4)66(63-28-14-27-52)65-41-40(30-62-47(34-17-12-9-13-18-34,35-19-23-37(59-5)24-20-35)36-21-25-38(60-6)26-22-36)64-45(42(41)61-7)55-29-39(48(49,50)51)43(54-46(55)58)53-44(57)33-15-10-8-11-16-33/h8-13,15-26,29,31-32,40-42,45H,14,28,30H2,1-7H3,(H,53,54,57,58)/t40-,41-,42-,45-,66?/m1/s1. The number of hydrogen-bond acceptors (Lipinski definition) is 12. The maximum absolute atomic E-state index is 14.9. The number of anilines is 1. The van der Waals surface area contributed by atoms with Gasteiger partial charge in [-0.15, -0.1) is 0 Å². The molecule has 5 atom stereocenters. The van der Waals surface area contributed by atoms with Gasteiger partial charge in [-0.1, -0.05) is 72.8 Å². The van der Waals surface area contributed by atoms with Crippen molar-refractivity contribution in [1.29, 1.82) is 5.26 Å². The molecule has 1 amide bonds. The zero-order chi connectivity index (χ0) is 47.6. The van der Waals surface area contributed by atoms with Gasteiger partial charge in [-0.05, 0) is 80.8 Å². The smallest absolute Gasteiger partial charge is 0.421 e. The Morgan fingerprint density at radius 1 is 0.848 bits per heavy atom. The summed E-state index contributed by atoms with van der Waals surface area (Å²) in [7, 11) is 2.43. The number of methoxy groups -OCH3 is 3. The van der Waals surface area contributed by atoms with Crippen molar-refractivity contribution < 1.29 is 50.7 Å². The molecule has 1 N–H and O–H groups in total. The molecular weight excluding hydrogens is 879 g/mol. The minimum Gasteiger partial charge on any atom is -0.497 e. The number of nitrogens with zero attached hydrogens (tertiary/aromatic N) is 4. The first-order valence-electron chi connectivity index (χ1n) is 21.1. The topological polar surface area (TPSA) is 156 Å². The minimum atomic E-state index is -5.09. The highest BCUT2D eigenvalue weighted by Gasteiger charge is 2.52. The van der Waals surface area contributed by atoms with Gasteiger partial charge in [0, 0.05) is 31.0 Å². The van der Waals surface area contributed by atoms with Crippen LogP contribution in [0.1, 0.15) is 73.0 Å². The largest absolute Gasteiger partial charge is 0.497 e. The van der Waals surface area contributed by atoms with Crippen molar-refractivity contribution in [3.8, 4) is 17.6 Å². The Bertz CT molecular complexity index is 2400. The Morgan fingerprint density at radius 3 is 1.89 bits per heavy atom. The predicted octanol–water partition coefficient (Wildman–Crippen LogP) is 9.11. The second kappa shape index (κ2) is 22.2. The molecule has 2 heterocycles. The van der Waals surface area contributed by atoms with Crippen molar-refractivity contribution >= 4 is 20.3 Å². The number of carbonyl (C=O) groups is 1. The van der Waals surface area contributed by atoms with E-state index in [1.54, 1.807) is 56.7 Å². The molecule has 66 heavy (non-hydrogen) atoms. The molecule has 0 aliphatic carbocycles. The zero-order valence-electron chi connectivity index (χ0n) is 37.6. The van der Waals surface area contributed by atoms with Gasteiger partial charge in [0.2, 0.25) is 0 Å². The van der Waals surface area contributed by atoms with Gasteiger partial charge in [0.25, 0.3) is 14.4 Å². The van der Waals surface area contributed by atoms with Crippen LogP contribution in [0.15, 0.2) is 120 Å². The Morgan fingerprint density at radius 2 is 1.39 bits per heavy atom. The lowest BCUT2D eigenvalue weighted by Gasteiger charge is -2.39. The van der Waals surface area contributed by atoms with Gasteiger partial charge >= 0.3 is 11.9 Å². The van der Waals surface area contributed by atoms with E-state index < -0.39 is 67.8 Å². The van der Waals surface area contributed by atoms with E-state index in [4.69, 9.17) is 32.7 Å². The van der Waals surface area contributed by atoms with Crippen molar-refractivity contribution in [2.24, 2.45) is 0 Å². The molecule has 4 aromatic carbocycles. The number of alkyl halides is 3. The lowest BCUT2D eigenvalue weighted by Crippen LogP contribution is -2.43. The molecule has 0 spiro atoms. The van der Waals surface area contributed by atoms with Crippen LogP contribution in [-0.2, 0) is 35.0 Å². The van der Waals surface area contributed by atoms with Crippen LogP contribution in [0.2, 0.25) is 0 Å². The number of ether oxygens (including phenoxy) is 5. The number of aromatic nitrogens is 2. The number of rotatable bonds is 20. The number of nitriles is 1. The van der Waals surface area contributed by atoms with E-state index in [0.29, 0.717) is 39.0 Å². The van der Waals surface area contributed by atoms with Crippen molar-refractivity contribution in [3.63, 3.8) is 0 Å². The first kappa shape index (κ1) is 49.7. The van der Waals surface area contributed by atoms with Crippen LogP contribution in [0.4, 0.5) is 19.0 Å². The summed E-state index contributed by atoms with van der Waals surface area (Å²) in [5, 5.41) is 11.6. The molecule has 18 heteroatoms.